The number of carbonyl (C=O) groups is 1. The van der Waals surface area contributed by atoms with Crippen LogP contribution >= 0.6 is 0 Å². The first-order valence-corrected chi connectivity index (χ1v) is 7.74. The number of carbonyl (C=O) groups excluding carboxylic acids is 1. The minimum Gasteiger partial charge on any atom is -0.293 e. The predicted octanol–water partition coefficient (Wildman–Crippen LogP) is 1.62. The number of benzene rings is 1. The zero-order valence-corrected chi connectivity index (χ0v) is 11.8. The van der Waals surface area contributed by atoms with Crippen LogP contribution in [0, 0.1) is 5.92 Å². The van der Waals surface area contributed by atoms with Gasteiger partial charge in [-0.3, -0.25) is 4.79 Å². The highest BCUT2D eigenvalue weighted by Gasteiger charge is 2.09. The van der Waals surface area contributed by atoms with E-state index in [1.54, 1.807) is 12.1 Å². The number of rotatable bonds is 6. The highest BCUT2D eigenvalue weighted by Crippen LogP contribution is 2.10. The van der Waals surface area contributed by atoms with Crippen molar-refractivity contribution < 1.29 is 13.2 Å². The number of hydrogen-bond acceptors (Lipinski definition) is 3. The molecule has 18 heavy (non-hydrogen) atoms. The van der Waals surface area contributed by atoms with Crippen molar-refractivity contribution in [1.29, 1.82) is 0 Å². The van der Waals surface area contributed by atoms with Gasteiger partial charge in [-0.2, -0.15) is 0 Å². The van der Waals surface area contributed by atoms with Crippen LogP contribution in [0.1, 0.15) is 29.8 Å². The van der Waals surface area contributed by atoms with E-state index in [-0.39, 0.29) is 12.3 Å². The highest BCUT2D eigenvalue weighted by molar-refractivity contribution is 7.88. The van der Waals surface area contributed by atoms with Crippen LogP contribution in [0.2, 0.25) is 0 Å². The van der Waals surface area contributed by atoms with Gasteiger partial charge in [0.15, 0.2) is 5.78 Å². The highest BCUT2D eigenvalue weighted by atomic mass is 32.2. The molecular weight excluding hydrogens is 250 g/mol. The van der Waals surface area contributed by atoms with Gasteiger partial charge in [-0.05, 0) is 17.9 Å². The first-order chi connectivity index (χ1) is 8.28. The van der Waals surface area contributed by atoms with Crippen LogP contribution in [0.5, 0.6) is 0 Å². The topological polar surface area (TPSA) is 63.2 Å². The summed E-state index contributed by atoms with van der Waals surface area (Å²) in [6, 6.07) is 7.30. The lowest BCUT2D eigenvalue weighted by molar-refractivity contribution is 0.0997. The Morgan fingerprint density at radius 1 is 1.22 bits per heavy atom. The lowest BCUT2D eigenvalue weighted by atomic mass is 10.0. The molecule has 0 saturated carbocycles. The lowest BCUT2D eigenvalue weighted by Gasteiger charge is -2.06. The van der Waals surface area contributed by atoms with Gasteiger partial charge >= 0.3 is 0 Å². The molecule has 5 heteroatoms. The molecule has 0 spiro atoms. The van der Waals surface area contributed by atoms with Gasteiger partial charge in [0.05, 0.1) is 12.8 Å². The van der Waals surface area contributed by atoms with Gasteiger partial charge in [-0.25, -0.2) is 13.1 Å². The van der Waals surface area contributed by atoms with Crippen molar-refractivity contribution in [2.75, 3.05) is 12.8 Å². The minimum absolute atomic E-state index is 0.192. The normalized spacial score (nSPS) is 11.8. The summed E-state index contributed by atoms with van der Waals surface area (Å²) in [6.07, 6.45) is 2.00. The summed E-state index contributed by atoms with van der Waals surface area (Å²) >= 11 is 0. The van der Waals surface area contributed by atoms with Crippen LogP contribution in [-0.4, -0.2) is 27.0 Å². The summed E-state index contributed by atoms with van der Waals surface area (Å²) in [4.78, 5) is 11.7. The van der Waals surface area contributed by atoms with Crippen molar-refractivity contribution in [1.82, 2.24) is 4.72 Å². The maximum Gasteiger partial charge on any atom is 0.209 e. The fourth-order valence-corrected chi connectivity index (χ4v) is 1.99. The van der Waals surface area contributed by atoms with Gasteiger partial charge in [-0.15, -0.1) is 0 Å². The van der Waals surface area contributed by atoms with Gasteiger partial charge in [0.25, 0.3) is 0 Å². The van der Waals surface area contributed by atoms with Crippen molar-refractivity contribution >= 4 is 15.8 Å². The summed E-state index contributed by atoms with van der Waals surface area (Å²) in [6.45, 7) is 4.08. The van der Waals surface area contributed by atoms with E-state index in [0.717, 1.165) is 12.7 Å². The summed E-state index contributed by atoms with van der Waals surface area (Å²) in [5.41, 5.74) is 1.70. The van der Waals surface area contributed by atoms with Crippen LogP contribution in [0.3, 0.4) is 0 Å². The molecule has 1 N–H and O–H groups in total. The summed E-state index contributed by atoms with van der Waals surface area (Å²) < 4.78 is 23.9. The zero-order chi connectivity index (χ0) is 13.8. The molecule has 1 aromatic rings. The Balaban J connectivity index is 2.65. The van der Waals surface area contributed by atoms with E-state index in [4.69, 9.17) is 0 Å². The Labute approximate surface area is 108 Å². The second kappa shape index (κ2) is 6.11. The molecule has 100 valence electrons. The average Bonchev–Trinajstić information content (AvgIpc) is 2.25. The SMILES string of the molecule is CC(C)Cc1ccc(C(=O)CNS(C)(=O)=O)cc1. The maximum absolute atomic E-state index is 11.7. The minimum atomic E-state index is -3.32. The van der Waals surface area contributed by atoms with E-state index >= 15 is 0 Å². The van der Waals surface area contributed by atoms with Crippen molar-refractivity contribution in [3.05, 3.63) is 35.4 Å². The Morgan fingerprint density at radius 3 is 2.22 bits per heavy atom. The molecule has 0 saturated heterocycles. The van der Waals surface area contributed by atoms with Crippen LogP contribution in [0.25, 0.3) is 0 Å². The second-order valence-electron chi connectivity index (χ2n) is 4.81. The quantitative estimate of drug-likeness (QED) is 0.798. The van der Waals surface area contributed by atoms with Gasteiger partial charge in [0.2, 0.25) is 10.0 Å². The molecule has 0 aliphatic carbocycles. The smallest absolute Gasteiger partial charge is 0.209 e. The molecule has 0 aliphatic heterocycles. The number of Topliss-reactive ketones (excluding diaryl/α,β-unsaturated/α-hetero) is 1. The first-order valence-electron chi connectivity index (χ1n) is 5.84. The van der Waals surface area contributed by atoms with Crippen molar-refractivity contribution in [3.8, 4) is 0 Å². The van der Waals surface area contributed by atoms with Crippen molar-refractivity contribution in [2.45, 2.75) is 20.3 Å². The van der Waals surface area contributed by atoms with Crippen molar-refractivity contribution in [2.24, 2.45) is 5.92 Å². The molecule has 1 rings (SSSR count). The third-order valence-corrected chi connectivity index (χ3v) is 3.08. The third kappa shape index (κ3) is 5.42. The van der Waals surface area contributed by atoms with Crippen LogP contribution in [0.4, 0.5) is 0 Å². The standard InChI is InChI=1S/C13H19NO3S/c1-10(2)8-11-4-6-12(7-5-11)13(15)9-14-18(3,16)17/h4-7,10,14H,8-9H2,1-3H3. The Morgan fingerprint density at radius 2 is 1.78 bits per heavy atom. The van der Waals surface area contributed by atoms with E-state index in [9.17, 15) is 13.2 Å². The van der Waals surface area contributed by atoms with Gasteiger partial charge in [-0.1, -0.05) is 38.1 Å². The molecule has 1 aromatic carbocycles. The van der Waals surface area contributed by atoms with Gasteiger partial charge in [0.1, 0.15) is 0 Å². The predicted molar refractivity (Wildman–Crippen MR) is 72.2 cm³/mol. The molecule has 0 bridgehead atoms. The Kier molecular flexibility index (Phi) is 5.04. The maximum atomic E-state index is 11.7. The lowest BCUT2D eigenvalue weighted by Crippen LogP contribution is -2.28. The van der Waals surface area contributed by atoms with Crippen LogP contribution in [-0.2, 0) is 16.4 Å². The van der Waals surface area contributed by atoms with E-state index < -0.39 is 10.0 Å². The molecule has 0 heterocycles. The first kappa shape index (κ1) is 14.9. The summed E-state index contributed by atoms with van der Waals surface area (Å²) in [7, 11) is -3.32. The molecule has 0 radical (unpaired) electrons. The number of ketones is 1. The molecule has 0 fully saturated rings. The number of hydrogen-bond donors (Lipinski definition) is 1. The molecular formula is C13H19NO3S. The monoisotopic (exact) mass is 269 g/mol. The van der Waals surface area contributed by atoms with Crippen LogP contribution in [0.15, 0.2) is 24.3 Å². The van der Waals surface area contributed by atoms with E-state index in [1.165, 1.54) is 5.56 Å². The Bertz CT molecular complexity index is 504. The second-order valence-corrected chi connectivity index (χ2v) is 6.64. The fourth-order valence-electron chi connectivity index (χ4n) is 1.60. The zero-order valence-electron chi connectivity index (χ0n) is 10.9. The van der Waals surface area contributed by atoms with Gasteiger partial charge < -0.3 is 0 Å². The van der Waals surface area contributed by atoms with E-state index in [1.807, 2.05) is 12.1 Å². The third-order valence-electron chi connectivity index (χ3n) is 2.41. The van der Waals surface area contributed by atoms with E-state index in [2.05, 4.69) is 18.6 Å². The number of sulfonamides is 1. The van der Waals surface area contributed by atoms with Gasteiger partial charge in [0, 0.05) is 5.56 Å². The van der Waals surface area contributed by atoms with Crippen molar-refractivity contribution in [3.63, 3.8) is 0 Å². The molecule has 0 unspecified atom stereocenters. The summed E-state index contributed by atoms with van der Waals surface area (Å²) in [5, 5.41) is 0. The molecule has 0 aromatic heterocycles. The fraction of sp³-hybridized carbons (Fsp3) is 0.462. The van der Waals surface area contributed by atoms with Crippen LogP contribution < -0.4 is 4.72 Å². The molecule has 4 nitrogen and oxygen atoms in total. The largest absolute Gasteiger partial charge is 0.293 e. The molecule has 0 atom stereocenters. The molecule has 0 aliphatic rings. The Hall–Kier alpha value is -1.20. The molecule has 0 amide bonds. The summed E-state index contributed by atoms with van der Waals surface area (Å²) in [5.74, 6) is 0.343. The average molecular weight is 269 g/mol. The van der Waals surface area contributed by atoms with E-state index in [0.29, 0.717) is 11.5 Å². The number of nitrogens with one attached hydrogen (secondary N) is 1.